The summed E-state index contributed by atoms with van der Waals surface area (Å²) in [5.41, 5.74) is 1.01. The molecule has 0 aliphatic rings. The number of ether oxygens (including phenoxy) is 3. The summed E-state index contributed by atoms with van der Waals surface area (Å²) in [5.74, 6) is -1.40. The van der Waals surface area contributed by atoms with Crippen molar-refractivity contribution in [3.05, 3.63) is 47.7 Å². The molecule has 1 rings (SSSR count). The lowest BCUT2D eigenvalue weighted by molar-refractivity contribution is -0.153. The van der Waals surface area contributed by atoms with Crippen molar-refractivity contribution in [3.63, 3.8) is 0 Å². The smallest absolute Gasteiger partial charge is 0.313 e. The molecule has 7 atom stereocenters. The molecule has 1 N–H and O–H groups in total. The van der Waals surface area contributed by atoms with Crippen molar-refractivity contribution in [3.8, 4) is 0 Å². The molecule has 1 aromatic carbocycles. The van der Waals surface area contributed by atoms with Crippen LogP contribution < -0.4 is 0 Å². The van der Waals surface area contributed by atoms with E-state index in [-0.39, 0.29) is 41.7 Å². The number of esters is 2. The van der Waals surface area contributed by atoms with Crippen molar-refractivity contribution in [2.75, 3.05) is 0 Å². The lowest BCUT2D eigenvalue weighted by atomic mass is 9.81. The Labute approximate surface area is 199 Å². The maximum atomic E-state index is 12.3. The molecule has 33 heavy (non-hydrogen) atoms. The number of carbonyl (C=O) groups is 2. The highest BCUT2D eigenvalue weighted by atomic mass is 16.5. The Hall–Kier alpha value is -2.18. The number of hydrogen-bond donors (Lipinski definition) is 1. The molecule has 0 spiro atoms. The van der Waals surface area contributed by atoms with E-state index in [0.717, 1.165) is 5.56 Å². The highest BCUT2D eigenvalue weighted by Crippen LogP contribution is 2.34. The molecule has 0 fully saturated rings. The Bertz CT molecular complexity index is 772. The number of rotatable bonds is 12. The Kier molecular flexibility index (Phi) is 11.8. The quantitative estimate of drug-likeness (QED) is 0.328. The molecule has 0 heterocycles. The van der Waals surface area contributed by atoms with Crippen LogP contribution in [0.2, 0.25) is 0 Å². The summed E-state index contributed by atoms with van der Waals surface area (Å²) < 4.78 is 17.5. The van der Waals surface area contributed by atoms with E-state index in [4.69, 9.17) is 14.2 Å². The number of benzene rings is 1. The Morgan fingerprint density at radius 3 is 2.00 bits per heavy atom. The van der Waals surface area contributed by atoms with Crippen LogP contribution in [-0.4, -0.2) is 35.4 Å². The lowest BCUT2D eigenvalue weighted by Crippen LogP contribution is -2.43. The number of hydrogen-bond acceptors (Lipinski definition) is 6. The van der Waals surface area contributed by atoms with Gasteiger partial charge in [-0.15, -0.1) is 0 Å². The lowest BCUT2D eigenvalue weighted by Gasteiger charge is -2.38. The summed E-state index contributed by atoms with van der Waals surface area (Å²) in [7, 11) is 0. The zero-order chi connectivity index (χ0) is 25.3. The van der Waals surface area contributed by atoms with E-state index in [1.54, 1.807) is 26.8 Å². The molecule has 0 saturated carbocycles. The van der Waals surface area contributed by atoms with Gasteiger partial charge in [0.2, 0.25) is 0 Å². The van der Waals surface area contributed by atoms with Gasteiger partial charge in [0, 0.05) is 24.7 Å². The summed E-state index contributed by atoms with van der Waals surface area (Å²) in [5, 5.41) is 11.2. The third-order valence-corrected chi connectivity index (χ3v) is 6.23. The molecule has 0 amide bonds. The van der Waals surface area contributed by atoms with Gasteiger partial charge in [0.25, 0.3) is 0 Å². The minimum atomic E-state index is -0.811. The van der Waals surface area contributed by atoms with Gasteiger partial charge < -0.3 is 19.3 Å². The average molecular weight is 463 g/mol. The topological polar surface area (TPSA) is 82.1 Å². The number of aliphatic hydroxyl groups is 1. The molecular weight excluding hydrogens is 420 g/mol. The molecule has 0 aliphatic carbocycles. The fraction of sp³-hybridized carbons (Fsp3) is 0.630. The highest BCUT2D eigenvalue weighted by Gasteiger charge is 2.38. The monoisotopic (exact) mass is 462 g/mol. The van der Waals surface area contributed by atoms with Gasteiger partial charge in [0.05, 0.1) is 24.2 Å². The van der Waals surface area contributed by atoms with E-state index >= 15 is 0 Å². The number of allylic oxidation sites excluding steroid dienone is 1. The fourth-order valence-corrected chi connectivity index (χ4v) is 3.87. The SMILES string of the molecule is C/C=C(\OC(=O)C(C)C)[C@@H](C)[C@@H](O[C@@H](C)c1ccccc1)[C@H](C)[C@@H](O)[C@@H](C)[C@@H](C)OC(C)=O. The summed E-state index contributed by atoms with van der Waals surface area (Å²) in [6.45, 7) is 16.2. The molecule has 0 unspecified atom stereocenters. The zero-order valence-corrected chi connectivity index (χ0v) is 21.6. The molecule has 186 valence electrons. The van der Waals surface area contributed by atoms with Crippen LogP contribution in [0.3, 0.4) is 0 Å². The van der Waals surface area contributed by atoms with E-state index < -0.39 is 18.3 Å². The molecule has 1 aromatic rings. The second kappa shape index (κ2) is 13.5. The van der Waals surface area contributed by atoms with Crippen LogP contribution >= 0.6 is 0 Å². The molecule has 0 radical (unpaired) electrons. The maximum absolute atomic E-state index is 12.3. The van der Waals surface area contributed by atoms with Crippen molar-refractivity contribution in [2.24, 2.45) is 23.7 Å². The molecular formula is C27H42O6. The summed E-state index contributed by atoms with van der Waals surface area (Å²) in [6, 6.07) is 9.85. The predicted molar refractivity (Wildman–Crippen MR) is 129 cm³/mol. The van der Waals surface area contributed by atoms with Gasteiger partial charge in [-0.25, -0.2) is 0 Å². The zero-order valence-electron chi connectivity index (χ0n) is 21.6. The van der Waals surface area contributed by atoms with Gasteiger partial charge >= 0.3 is 11.9 Å². The second-order valence-corrected chi connectivity index (χ2v) is 9.23. The predicted octanol–water partition coefficient (Wildman–Crippen LogP) is 5.46. The summed E-state index contributed by atoms with van der Waals surface area (Å²) >= 11 is 0. The molecule has 0 aromatic heterocycles. The van der Waals surface area contributed by atoms with E-state index in [0.29, 0.717) is 5.76 Å². The first kappa shape index (κ1) is 28.9. The van der Waals surface area contributed by atoms with Gasteiger partial charge in [0.1, 0.15) is 11.9 Å². The van der Waals surface area contributed by atoms with Gasteiger partial charge in [-0.05, 0) is 32.4 Å². The van der Waals surface area contributed by atoms with Crippen LogP contribution in [0.25, 0.3) is 0 Å². The van der Waals surface area contributed by atoms with Crippen LogP contribution in [0.4, 0.5) is 0 Å². The first-order chi connectivity index (χ1) is 15.4. The molecule has 0 aliphatic heterocycles. The van der Waals surface area contributed by atoms with Crippen molar-refractivity contribution >= 4 is 11.9 Å². The number of carbonyl (C=O) groups excluding carboxylic acids is 2. The van der Waals surface area contributed by atoms with Gasteiger partial charge in [0.15, 0.2) is 0 Å². The fourth-order valence-electron chi connectivity index (χ4n) is 3.87. The minimum Gasteiger partial charge on any atom is -0.462 e. The van der Waals surface area contributed by atoms with Crippen LogP contribution in [-0.2, 0) is 23.8 Å². The average Bonchev–Trinajstić information content (AvgIpc) is 2.78. The molecule has 0 bridgehead atoms. The van der Waals surface area contributed by atoms with Crippen LogP contribution in [0.1, 0.15) is 74.0 Å². The van der Waals surface area contributed by atoms with E-state index in [1.807, 2.05) is 65.0 Å². The van der Waals surface area contributed by atoms with Crippen molar-refractivity contribution in [1.29, 1.82) is 0 Å². The Morgan fingerprint density at radius 1 is 0.939 bits per heavy atom. The van der Waals surface area contributed by atoms with Crippen LogP contribution in [0.15, 0.2) is 42.2 Å². The maximum Gasteiger partial charge on any atom is 0.313 e. The Balaban J connectivity index is 3.21. The van der Waals surface area contributed by atoms with Crippen molar-refractivity contribution in [1.82, 2.24) is 0 Å². The first-order valence-electron chi connectivity index (χ1n) is 11.8. The second-order valence-electron chi connectivity index (χ2n) is 9.23. The molecule has 6 nitrogen and oxygen atoms in total. The van der Waals surface area contributed by atoms with Gasteiger partial charge in [-0.1, -0.05) is 65.0 Å². The largest absolute Gasteiger partial charge is 0.462 e. The normalized spacial score (nSPS) is 18.6. The van der Waals surface area contributed by atoms with Crippen molar-refractivity contribution < 1.29 is 28.9 Å². The van der Waals surface area contributed by atoms with E-state index in [2.05, 4.69) is 0 Å². The van der Waals surface area contributed by atoms with Crippen LogP contribution in [0, 0.1) is 23.7 Å². The van der Waals surface area contributed by atoms with E-state index in [1.165, 1.54) is 6.92 Å². The van der Waals surface area contributed by atoms with Crippen LogP contribution in [0.5, 0.6) is 0 Å². The minimum absolute atomic E-state index is 0.242. The van der Waals surface area contributed by atoms with Crippen molar-refractivity contribution in [2.45, 2.75) is 86.7 Å². The van der Waals surface area contributed by atoms with Gasteiger partial charge in [-0.3, -0.25) is 9.59 Å². The van der Waals surface area contributed by atoms with E-state index in [9.17, 15) is 14.7 Å². The highest BCUT2D eigenvalue weighted by molar-refractivity contribution is 5.72. The summed E-state index contributed by atoms with van der Waals surface area (Å²) in [6.07, 6.45) is -0.198. The number of aliphatic hydroxyl groups excluding tert-OH is 1. The third-order valence-electron chi connectivity index (χ3n) is 6.23. The Morgan fingerprint density at radius 2 is 1.52 bits per heavy atom. The molecule has 0 saturated heterocycles. The summed E-state index contributed by atoms with van der Waals surface area (Å²) in [4.78, 5) is 23.7. The van der Waals surface area contributed by atoms with Gasteiger partial charge in [-0.2, -0.15) is 0 Å². The third kappa shape index (κ3) is 8.59. The molecule has 6 heteroatoms. The standard InChI is InChI=1S/C27H42O6/c1-10-24(33-27(30)16(2)3)18(5)26(32-21(8)23-14-12-11-13-15-23)19(6)25(29)17(4)20(7)31-22(9)28/h10-21,25-26,29H,1-9H3/b24-10-/t17-,18+,19+,20+,21-,25-,26+/m0/s1. The first-order valence-corrected chi connectivity index (χ1v) is 11.8.